The Balaban J connectivity index is 2.21. The van der Waals surface area contributed by atoms with Gasteiger partial charge in [-0.3, -0.25) is 4.79 Å². The van der Waals surface area contributed by atoms with E-state index in [1.807, 2.05) is 0 Å². The summed E-state index contributed by atoms with van der Waals surface area (Å²) in [7, 11) is 0. The maximum Gasteiger partial charge on any atom is 0.234 e. The van der Waals surface area contributed by atoms with Gasteiger partial charge in [0.05, 0.1) is 6.54 Å². The molecule has 0 unspecified atom stereocenters. The fourth-order valence-corrected chi connectivity index (χ4v) is 2.05. The lowest BCUT2D eigenvalue weighted by Crippen LogP contribution is -2.47. The molecule has 1 amide bonds. The second-order valence-electron chi connectivity index (χ2n) is 6.41. The number of hydrogen-bond donors (Lipinski definition) is 2. The zero-order valence-electron chi connectivity index (χ0n) is 12.0. The van der Waals surface area contributed by atoms with E-state index in [1.165, 1.54) is 12.8 Å². The van der Waals surface area contributed by atoms with Gasteiger partial charge in [0, 0.05) is 12.1 Å². The van der Waals surface area contributed by atoms with Crippen LogP contribution in [0, 0.1) is 11.3 Å². The lowest BCUT2D eigenvalue weighted by Gasteiger charge is -2.25. The zero-order chi connectivity index (χ0) is 13.1. The number of amides is 1. The van der Waals surface area contributed by atoms with Crippen LogP contribution >= 0.6 is 0 Å². The minimum absolute atomic E-state index is 0.0892. The molecule has 0 bridgehead atoms. The van der Waals surface area contributed by atoms with Crippen molar-refractivity contribution in [3.63, 3.8) is 0 Å². The van der Waals surface area contributed by atoms with Crippen molar-refractivity contribution in [3.8, 4) is 0 Å². The molecule has 0 aromatic carbocycles. The van der Waals surface area contributed by atoms with Crippen LogP contribution in [-0.4, -0.2) is 24.5 Å². The molecule has 0 aromatic rings. The van der Waals surface area contributed by atoms with Crippen LogP contribution in [0.1, 0.15) is 53.9 Å². The monoisotopic (exact) mass is 240 g/mol. The number of carbonyl (C=O) groups is 1. The van der Waals surface area contributed by atoms with Gasteiger partial charge in [0.15, 0.2) is 0 Å². The van der Waals surface area contributed by atoms with Crippen molar-refractivity contribution in [2.45, 2.75) is 59.4 Å². The molecule has 3 heteroatoms. The van der Waals surface area contributed by atoms with Gasteiger partial charge in [-0.15, -0.1) is 0 Å². The van der Waals surface area contributed by atoms with Crippen LogP contribution in [0.25, 0.3) is 0 Å². The molecule has 1 saturated carbocycles. The Kier molecular flexibility index (Phi) is 4.59. The van der Waals surface area contributed by atoms with Gasteiger partial charge in [0.2, 0.25) is 5.91 Å². The molecule has 1 aliphatic carbocycles. The summed E-state index contributed by atoms with van der Waals surface area (Å²) < 4.78 is 0. The second-order valence-corrected chi connectivity index (χ2v) is 6.41. The Labute approximate surface area is 106 Å². The summed E-state index contributed by atoms with van der Waals surface area (Å²) in [6.07, 6.45) is 3.56. The fourth-order valence-electron chi connectivity index (χ4n) is 2.05. The highest BCUT2D eigenvalue weighted by Crippen LogP contribution is 2.51. The van der Waals surface area contributed by atoms with E-state index in [9.17, 15) is 4.79 Å². The number of nitrogens with one attached hydrogen (secondary N) is 2. The summed E-state index contributed by atoms with van der Waals surface area (Å²) in [6.45, 7) is 12.2. The lowest BCUT2D eigenvalue weighted by molar-refractivity contribution is -0.121. The molecular weight excluding hydrogens is 212 g/mol. The minimum atomic E-state index is -0.0892. The minimum Gasteiger partial charge on any atom is -0.350 e. The van der Waals surface area contributed by atoms with Gasteiger partial charge in [0.1, 0.15) is 0 Å². The van der Waals surface area contributed by atoms with Gasteiger partial charge in [-0.25, -0.2) is 0 Å². The molecule has 0 aliphatic heterocycles. The van der Waals surface area contributed by atoms with Gasteiger partial charge >= 0.3 is 0 Å². The Morgan fingerprint density at radius 1 is 1.35 bits per heavy atom. The van der Waals surface area contributed by atoms with Gasteiger partial charge in [-0.1, -0.05) is 20.8 Å². The maximum atomic E-state index is 11.7. The molecule has 0 heterocycles. The van der Waals surface area contributed by atoms with E-state index in [-0.39, 0.29) is 11.4 Å². The van der Waals surface area contributed by atoms with Gasteiger partial charge in [-0.05, 0) is 44.4 Å². The Morgan fingerprint density at radius 3 is 2.35 bits per heavy atom. The lowest BCUT2D eigenvalue weighted by atomic mass is 9.92. The standard InChI is InChI=1S/C14H28N2O/c1-6-13(4,5)16-12(17)9-15-10-14(7-8-14)11(2)3/h11,15H,6-10H2,1-5H3,(H,16,17). The molecule has 1 rings (SSSR count). The van der Waals surface area contributed by atoms with Crippen LogP contribution < -0.4 is 10.6 Å². The summed E-state index contributed by atoms with van der Waals surface area (Å²) in [4.78, 5) is 11.7. The highest BCUT2D eigenvalue weighted by molar-refractivity contribution is 5.78. The fraction of sp³-hybridized carbons (Fsp3) is 0.929. The quantitative estimate of drug-likeness (QED) is 0.717. The third-order valence-corrected chi connectivity index (χ3v) is 4.24. The van der Waals surface area contributed by atoms with Crippen LogP contribution in [0.15, 0.2) is 0 Å². The van der Waals surface area contributed by atoms with Crippen LogP contribution in [0.3, 0.4) is 0 Å². The smallest absolute Gasteiger partial charge is 0.234 e. The Bertz CT molecular complexity index is 267. The van der Waals surface area contributed by atoms with Gasteiger partial charge < -0.3 is 10.6 Å². The van der Waals surface area contributed by atoms with Crippen molar-refractivity contribution in [2.24, 2.45) is 11.3 Å². The summed E-state index contributed by atoms with van der Waals surface area (Å²) in [5.41, 5.74) is 0.384. The second kappa shape index (κ2) is 5.38. The Morgan fingerprint density at radius 2 is 1.94 bits per heavy atom. The predicted octanol–water partition coefficient (Wildman–Crippen LogP) is 2.32. The molecule has 1 aliphatic rings. The molecule has 0 radical (unpaired) electrons. The normalized spacial score (nSPS) is 18.2. The van der Waals surface area contributed by atoms with Crippen molar-refractivity contribution in [1.82, 2.24) is 10.6 Å². The first-order valence-electron chi connectivity index (χ1n) is 6.83. The van der Waals surface area contributed by atoms with E-state index in [4.69, 9.17) is 0 Å². The molecule has 3 nitrogen and oxygen atoms in total. The third-order valence-electron chi connectivity index (χ3n) is 4.24. The van der Waals surface area contributed by atoms with E-state index in [2.05, 4.69) is 45.3 Å². The first-order chi connectivity index (χ1) is 7.81. The van der Waals surface area contributed by atoms with Crippen LogP contribution in [0.4, 0.5) is 0 Å². The van der Waals surface area contributed by atoms with E-state index in [0.29, 0.717) is 17.9 Å². The summed E-state index contributed by atoms with van der Waals surface area (Å²) in [6, 6.07) is 0. The maximum absolute atomic E-state index is 11.7. The first-order valence-corrected chi connectivity index (χ1v) is 6.83. The molecule has 100 valence electrons. The molecule has 2 N–H and O–H groups in total. The predicted molar refractivity (Wildman–Crippen MR) is 71.9 cm³/mol. The summed E-state index contributed by atoms with van der Waals surface area (Å²) in [5.74, 6) is 0.821. The van der Waals surface area contributed by atoms with Gasteiger partial charge in [0.25, 0.3) is 0 Å². The highest BCUT2D eigenvalue weighted by atomic mass is 16.2. The molecule has 0 saturated heterocycles. The van der Waals surface area contributed by atoms with Crippen molar-refractivity contribution < 1.29 is 4.79 Å². The SMILES string of the molecule is CCC(C)(C)NC(=O)CNCC1(C(C)C)CC1. The van der Waals surface area contributed by atoms with E-state index in [0.717, 1.165) is 13.0 Å². The average Bonchev–Trinajstić information content (AvgIpc) is 2.98. The van der Waals surface area contributed by atoms with Crippen molar-refractivity contribution >= 4 is 5.91 Å². The average molecular weight is 240 g/mol. The third kappa shape index (κ3) is 4.30. The van der Waals surface area contributed by atoms with Crippen LogP contribution in [0.5, 0.6) is 0 Å². The van der Waals surface area contributed by atoms with E-state index < -0.39 is 0 Å². The summed E-state index contributed by atoms with van der Waals surface area (Å²) >= 11 is 0. The van der Waals surface area contributed by atoms with Crippen molar-refractivity contribution in [1.29, 1.82) is 0 Å². The van der Waals surface area contributed by atoms with E-state index >= 15 is 0 Å². The van der Waals surface area contributed by atoms with Crippen molar-refractivity contribution in [2.75, 3.05) is 13.1 Å². The number of hydrogen-bond acceptors (Lipinski definition) is 2. The zero-order valence-corrected chi connectivity index (χ0v) is 12.0. The number of carbonyl (C=O) groups excluding carboxylic acids is 1. The highest BCUT2D eigenvalue weighted by Gasteiger charge is 2.44. The Hall–Kier alpha value is -0.570. The first kappa shape index (κ1) is 14.5. The van der Waals surface area contributed by atoms with E-state index in [1.54, 1.807) is 0 Å². The topological polar surface area (TPSA) is 41.1 Å². The molecule has 0 atom stereocenters. The molecule has 0 aromatic heterocycles. The van der Waals surface area contributed by atoms with Crippen LogP contribution in [-0.2, 0) is 4.79 Å². The molecular formula is C14H28N2O. The molecule has 0 spiro atoms. The largest absolute Gasteiger partial charge is 0.350 e. The number of rotatable bonds is 7. The molecule has 17 heavy (non-hydrogen) atoms. The summed E-state index contributed by atoms with van der Waals surface area (Å²) in [5, 5.41) is 6.34. The van der Waals surface area contributed by atoms with Crippen molar-refractivity contribution in [3.05, 3.63) is 0 Å². The van der Waals surface area contributed by atoms with Gasteiger partial charge in [-0.2, -0.15) is 0 Å². The molecule has 1 fully saturated rings. The van der Waals surface area contributed by atoms with Crippen LogP contribution in [0.2, 0.25) is 0 Å².